The van der Waals surface area contributed by atoms with E-state index in [0.717, 1.165) is 15.6 Å². The molecule has 1 amide bonds. The monoisotopic (exact) mass is 320 g/mol. The molecule has 112 valence electrons. The largest absolute Gasteiger partial charge is 0.507 e. The first-order valence-corrected chi connectivity index (χ1v) is 7.91. The van der Waals surface area contributed by atoms with Crippen LogP contribution in [0.3, 0.4) is 0 Å². The average Bonchev–Trinajstić information content (AvgIpc) is 2.97. The van der Waals surface area contributed by atoms with Gasteiger partial charge in [0.2, 0.25) is 0 Å². The topological polar surface area (TPSA) is 62.2 Å². The lowest BCUT2D eigenvalue weighted by Gasteiger charge is -2.05. The standard InChI is InChI=1S/C18H12N2O2S/c21-15-6-3-4-11-8-9-12(10-13(11)15)17(22)20-18-19-14-5-1-2-7-16(14)23-18/h1-10,21H,(H,19,20,22). The van der Waals surface area contributed by atoms with Crippen LogP contribution in [-0.4, -0.2) is 16.0 Å². The van der Waals surface area contributed by atoms with Gasteiger partial charge in [-0.3, -0.25) is 10.1 Å². The summed E-state index contributed by atoms with van der Waals surface area (Å²) >= 11 is 1.43. The van der Waals surface area contributed by atoms with Gasteiger partial charge < -0.3 is 5.11 Å². The minimum absolute atomic E-state index is 0.164. The molecule has 1 heterocycles. The Morgan fingerprint density at radius 3 is 2.78 bits per heavy atom. The number of para-hydroxylation sites is 1. The van der Waals surface area contributed by atoms with Crippen LogP contribution in [0.5, 0.6) is 5.75 Å². The number of thiazole rings is 1. The van der Waals surface area contributed by atoms with Crippen molar-refractivity contribution in [2.45, 2.75) is 0 Å². The molecule has 4 aromatic rings. The molecule has 23 heavy (non-hydrogen) atoms. The van der Waals surface area contributed by atoms with Crippen LogP contribution in [0.4, 0.5) is 5.13 Å². The molecule has 0 fully saturated rings. The number of fused-ring (bicyclic) bond motifs is 2. The lowest BCUT2D eigenvalue weighted by molar-refractivity contribution is 0.102. The summed E-state index contributed by atoms with van der Waals surface area (Å²) in [6.07, 6.45) is 0. The van der Waals surface area contributed by atoms with Crippen molar-refractivity contribution in [2.75, 3.05) is 5.32 Å². The quantitative estimate of drug-likeness (QED) is 0.575. The van der Waals surface area contributed by atoms with Gasteiger partial charge in [0.15, 0.2) is 5.13 Å². The van der Waals surface area contributed by atoms with Crippen molar-refractivity contribution in [3.05, 3.63) is 66.2 Å². The third-order valence-electron chi connectivity index (χ3n) is 3.64. The van der Waals surface area contributed by atoms with E-state index in [9.17, 15) is 9.90 Å². The predicted octanol–water partition coefficient (Wildman–Crippen LogP) is 4.41. The van der Waals surface area contributed by atoms with Gasteiger partial charge in [-0.05, 0) is 35.7 Å². The van der Waals surface area contributed by atoms with E-state index in [1.807, 2.05) is 36.4 Å². The number of benzene rings is 3. The number of nitrogens with one attached hydrogen (secondary N) is 1. The van der Waals surface area contributed by atoms with Gasteiger partial charge in [0, 0.05) is 10.9 Å². The normalized spacial score (nSPS) is 11.0. The Hall–Kier alpha value is -2.92. The Bertz CT molecular complexity index is 1010. The van der Waals surface area contributed by atoms with Crippen molar-refractivity contribution in [3.63, 3.8) is 0 Å². The highest BCUT2D eigenvalue weighted by Crippen LogP contribution is 2.27. The Balaban J connectivity index is 1.67. The molecule has 0 bridgehead atoms. The van der Waals surface area contributed by atoms with Crippen LogP contribution in [0.2, 0.25) is 0 Å². The number of hydrogen-bond acceptors (Lipinski definition) is 4. The van der Waals surface area contributed by atoms with Crippen LogP contribution in [0.1, 0.15) is 10.4 Å². The molecular formula is C18H12N2O2S. The van der Waals surface area contributed by atoms with Gasteiger partial charge in [0.1, 0.15) is 5.75 Å². The average molecular weight is 320 g/mol. The zero-order valence-electron chi connectivity index (χ0n) is 12.0. The molecule has 0 aliphatic rings. The smallest absolute Gasteiger partial charge is 0.257 e. The Morgan fingerprint density at radius 1 is 1.04 bits per heavy atom. The van der Waals surface area contributed by atoms with Crippen LogP contribution < -0.4 is 5.32 Å². The predicted molar refractivity (Wildman–Crippen MR) is 93.2 cm³/mol. The number of rotatable bonds is 2. The third-order valence-corrected chi connectivity index (χ3v) is 4.59. The first kappa shape index (κ1) is 13.7. The number of nitrogens with zero attached hydrogens (tertiary/aromatic N) is 1. The summed E-state index contributed by atoms with van der Waals surface area (Å²) in [5.41, 5.74) is 1.35. The van der Waals surface area contributed by atoms with Crippen LogP contribution in [-0.2, 0) is 0 Å². The number of phenols is 1. The lowest BCUT2D eigenvalue weighted by Crippen LogP contribution is -2.11. The van der Waals surface area contributed by atoms with E-state index in [1.54, 1.807) is 24.3 Å². The molecule has 0 aliphatic heterocycles. The van der Waals surface area contributed by atoms with E-state index in [4.69, 9.17) is 0 Å². The number of amides is 1. The summed E-state index contributed by atoms with van der Waals surface area (Å²) in [5, 5.41) is 14.8. The molecule has 5 heteroatoms. The van der Waals surface area contributed by atoms with Crippen LogP contribution >= 0.6 is 11.3 Å². The number of hydrogen-bond donors (Lipinski definition) is 2. The fourth-order valence-electron chi connectivity index (χ4n) is 2.49. The lowest BCUT2D eigenvalue weighted by atomic mass is 10.1. The summed E-state index contributed by atoms with van der Waals surface area (Å²) in [6.45, 7) is 0. The molecule has 0 saturated heterocycles. The van der Waals surface area contributed by atoms with Crippen molar-refractivity contribution in [2.24, 2.45) is 0 Å². The van der Waals surface area contributed by atoms with Gasteiger partial charge in [-0.1, -0.05) is 41.7 Å². The van der Waals surface area contributed by atoms with Gasteiger partial charge in [-0.2, -0.15) is 0 Å². The Morgan fingerprint density at radius 2 is 1.91 bits per heavy atom. The van der Waals surface area contributed by atoms with Gasteiger partial charge in [-0.25, -0.2) is 4.98 Å². The summed E-state index contributed by atoms with van der Waals surface area (Å²) in [5.74, 6) is -0.0775. The molecule has 0 saturated carbocycles. The summed E-state index contributed by atoms with van der Waals surface area (Å²) in [7, 11) is 0. The van der Waals surface area contributed by atoms with Gasteiger partial charge in [0.25, 0.3) is 5.91 Å². The second-order valence-electron chi connectivity index (χ2n) is 5.15. The third kappa shape index (κ3) is 2.51. The first-order chi connectivity index (χ1) is 11.2. The van der Waals surface area contributed by atoms with Crippen molar-refractivity contribution >= 4 is 43.4 Å². The molecule has 0 unspecified atom stereocenters. The van der Waals surface area contributed by atoms with E-state index in [2.05, 4.69) is 10.3 Å². The molecule has 0 spiro atoms. The number of aromatic hydroxyl groups is 1. The van der Waals surface area contributed by atoms with Crippen molar-refractivity contribution in [3.8, 4) is 5.75 Å². The maximum Gasteiger partial charge on any atom is 0.257 e. The minimum Gasteiger partial charge on any atom is -0.507 e. The molecule has 0 atom stereocenters. The van der Waals surface area contributed by atoms with Crippen molar-refractivity contribution in [1.82, 2.24) is 4.98 Å². The molecule has 0 radical (unpaired) electrons. The summed E-state index contributed by atoms with van der Waals surface area (Å²) < 4.78 is 1.03. The molecule has 3 aromatic carbocycles. The maximum atomic E-state index is 12.4. The summed E-state index contributed by atoms with van der Waals surface area (Å²) in [4.78, 5) is 16.8. The molecule has 1 aromatic heterocycles. The van der Waals surface area contributed by atoms with Gasteiger partial charge in [-0.15, -0.1) is 0 Å². The molecule has 2 N–H and O–H groups in total. The maximum absolute atomic E-state index is 12.4. The second kappa shape index (κ2) is 5.37. The van der Waals surface area contributed by atoms with Gasteiger partial charge >= 0.3 is 0 Å². The second-order valence-corrected chi connectivity index (χ2v) is 6.18. The number of anilines is 1. The van der Waals surface area contributed by atoms with Crippen LogP contribution in [0.25, 0.3) is 21.0 Å². The van der Waals surface area contributed by atoms with Crippen molar-refractivity contribution < 1.29 is 9.90 Å². The van der Waals surface area contributed by atoms with Crippen LogP contribution in [0.15, 0.2) is 60.7 Å². The number of carbonyl (C=O) groups excluding carboxylic acids is 1. The zero-order valence-corrected chi connectivity index (χ0v) is 12.8. The van der Waals surface area contributed by atoms with Gasteiger partial charge in [0.05, 0.1) is 10.2 Å². The van der Waals surface area contributed by atoms with Crippen molar-refractivity contribution in [1.29, 1.82) is 0 Å². The molecule has 4 nitrogen and oxygen atoms in total. The van der Waals surface area contributed by atoms with E-state index >= 15 is 0 Å². The Kier molecular flexibility index (Phi) is 3.20. The highest BCUT2D eigenvalue weighted by atomic mass is 32.1. The molecular weight excluding hydrogens is 308 g/mol. The molecule has 0 aliphatic carbocycles. The minimum atomic E-state index is -0.241. The van der Waals surface area contributed by atoms with E-state index < -0.39 is 0 Å². The highest BCUT2D eigenvalue weighted by molar-refractivity contribution is 7.22. The zero-order chi connectivity index (χ0) is 15.8. The fraction of sp³-hybridized carbons (Fsp3) is 0. The first-order valence-electron chi connectivity index (χ1n) is 7.09. The fourth-order valence-corrected chi connectivity index (χ4v) is 3.35. The molecule has 4 rings (SSSR count). The van der Waals surface area contributed by atoms with E-state index in [0.29, 0.717) is 16.1 Å². The SMILES string of the molecule is O=C(Nc1nc2ccccc2s1)c1ccc2cccc(O)c2c1. The highest BCUT2D eigenvalue weighted by Gasteiger charge is 2.11. The number of carbonyl (C=O) groups is 1. The van der Waals surface area contributed by atoms with E-state index in [1.165, 1.54) is 11.3 Å². The number of aromatic nitrogens is 1. The summed E-state index contributed by atoms with van der Waals surface area (Å²) in [6, 6.07) is 18.3. The van der Waals surface area contributed by atoms with Crippen LogP contribution in [0, 0.1) is 0 Å². The van der Waals surface area contributed by atoms with E-state index in [-0.39, 0.29) is 11.7 Å². The Labute approximate surface area is 136 Å². The number of phenolic OH excluding ortho intramolecular Hbond substituents is 1.